The van der Waals surface area contributed by atoms with E-state index in [1.807, 2.05) is 0 Å². The van der Waals surface area contributed by atoms with Crippen LogP contribution >= 0.6 is 0 Å². The van der Waals surface area contributed by atoms with Crippen molar-refractivity contribution in [1.29, 1.82) is 0 Å². The standard InChI is InChI=1S/C13H22N2/c1-2-11-8-9-13(15-11)10-14-12-6-4-3-5-7-12/h8-9,12,14-15H,2-7,10H2,1H3. The summed E-state index contributed by atoms with van der Waals surface area (Å²) in [6, 6.07) is 5.15. The van der Waals surface area contributed by atoms with Gasteiger partial charge in [0.05, 0.1) is 0 Å². The number of rotatable bonds is 4. The molecule has 0 saturated heterocycles. The maximum atomic E-state index is 3.64. The molecule has 0 radical (unpaired) electrons. The van der Waals surface area contributed by atoms with Gasteiger partial charge in [0.2, 0.25) is 0 Å². The van der Waals surface area contributed by atoms with Gasteiger partial charge in [-0.25, -0.2) is 0 Å². The van der Waals surface area contributed by atoms with Gasteiger partial charge in [0.25, 0.3) is 0 Å². The molecule has 0 bridgehead atoms. The molecule has 2 nitrogen and oxygen atoms in total. The minimum Gasteiger partial charge on any atom is -0.361 e. The number of hydrogen-bond donors (Lipinski definition) is 2. The zero-order valence-electron chi connectivity index (χ0n) is 9.68. The van der Waals surface area contributed by atoms with Gasteiger partial charge in [-0.3, -0.25) is 0 Å². The van der Waals surface area contributed by atoms with Crippen LogP contribution in [0.1, 0.15) is 50.4 Å². The fourth-order valence-corrected chi connectivity index (χ4v) is 2.36. The van der Waals surface area contributed by atoms with Crippen molar-refractivity contribution in [3.8, 4) is 0 Å². The summed E-state index contributed by atoms with van der Waals surface area (Å²) in [6.07, 6.45) is 8.07. The molecule has 2 rings (SSSR count). The van der Waals surface area contributed by atoms with Gasteiger partial charge in [0.1, 0.15) is 0 Å². The number of aryl methyl sites for hydroxylation is 1. The Hall–Kier alpha value is -0.760. The molecule has 1 aliphatic carbocycles. The molecule has 84 valence electrons. The van der Waals surface area contributed by atoms with E-state index < -0.39 is 0 Å². The van der Waals surface area contributed by atoms with Crippen LogP contribution in [-0.4, -0.2) is 11.0 Å². The molecule has 0 spiro atoms. The second-order valence-corrected chi connectivity index (χ2v) is 4.58. The molecule has 2 heteroatoms. The van der Waals surface area contributed by atoms with Crippen LogP contribution < -0.4 is 5.32 Å². The SMILES string of the molecule is CCc1ccc(CNC2CCCCC2)[nH]1. The minimum atomic E-state index is 0.757. The fourth-order valence-electron chi connectivity index (χ4n) is 2.36. The topological polar surface area (TPSA) is 27.8 Å². The van der Waals surface area contributed by atoms with E-state index >= 15 is 0 Å². The number of H-pyrrole nitrogens is 1. The van der Waals surface area contributed by atoms with Crippen LogP contribution in [0.15, 0.2) is 12.1 Å². The van der Waals surface area contributed by atoms with E-state index in [2.05, 4.69) is 29.4 Å². The van der Waals surface area contributed by atoms with Crippen LogP contribution in [0, 0.1) is 0 Å². The Morgan fingerprint density at radius 3 is 2.60 bits per heavy atom. The molecular weight excluding hydrogens is 184 g/mol. The van der Waals surface area contributed by atoms with E-state index in [0.717, 1.165) is 19.0 Å². The van der Waals surface area contributed by atoms with Crippen molar-refractivity contribution in [1.82, 2.24) is 10.3 Å². The van der Waals surface area contributed by atoms with Gasteiger partial charge in [-0.15, -0.1) is 0 Å². The van der Waals surface area contributed by atoms with Gasteiger partial charge in [-0.05, 0) is 31.4 Å². The van der Waals surface area contributed by atoms with E-state index in [1.54, 1.807) is 0 Å². The van der Waals surface area contributed by atoms with Crippen molar-refractivity contribution >= 4 is 0 Å². The highest BCUT2D eigenvalue weighted by molar-refractivity contribution is 5.12. The Kier molecular flexibility index (Phi) is 3.84. The average Bonchev–Trinajstić information content (AvgIpc) is 2.76. The van der Waals surface area contributed by atoms with Crippen molar-refractivity contribution in [2.75, 3.05) is 0 Å². The zero-order valence-corrected chi connectivity index (χ0v) is 9.68. The predicted octanol–water partition coefficient (Wildman–Crippen LogP) is 3.00. The number of hydrogen-bond acceptors (Lipinski definition) is 1. The second-order valence-electron chi connectivity index (χ2n) is 4.58. The third kappa shape index (κ3) is 3.10. The third-order valence-electron chi connectivity index (χ3n) is 3.37. The van der Waals surface area contributed by atoms with Crippen LogP contribution in [0.2, 0.25) is 0 Å². The molecule has 1 saturated carbocycles. The molecule has 0 amide bonds. The molecule has 15 heavy (non-hydrogen) atoms. The summed E-state index contributed by atoms with van der Waals surface area (Å²) < 4.78 is 0. The van der Waals surface area contributed by atoms with Crippen molar-refractivity contribution in [3.05, 3.63) is 23.5 Å². The van der Waals surface area contributed by atoms with Gasteiger partial charge < -0.3 is 10.3 Å². The average molecular weight is 206 g/mol. The molecule has 1 aromatic heterocycles. The molecule has 1 aromatic rings. The highest BCUT2D eigenvalue weighted by Gasteiger charge is 2.12. The highest BCUT2D eigenvalue weighted by atomic mass is 14.9. The fraction of sp³-hybridized carbons (Fsp3) is 0.692. The van der Waals surface area contributed by atoms with Crippen LogP contribution in [-0.2, 0) is 13.0 Å². The smallest absolute Gasteiger partial charge is 0.0359 e. The Labute approximate surface area is 92.5 Å². The zero-order chi connectivity index (χ0) is 10.5. The van der Waals surface area contributed by atoms with E-state index in [9.17, 15) is 0 Å². The molecule has 0 unspecified atom stereocenters. The van der Waals surface area contributed by atoms with Crippen LogP contribution in [0.3, 0.4) is 0 Å². The molecule has 1 fully saturated rings. The quantitative estimate of drug-likeness (QED) is 0.778. The number of nitrogens with one attached hydrogen (secondary N) is 2. The lowest BCUT2D eigenvalue weighted by molar-refractivity contribution is 0.371. The lowest BCUT2D eigenvalue weighted by Gasteiger charge is -2.22. The summed E-state index contributed by atoms with van der Waals surface area (Å²) in [5.41, 5.74) is 2.67. The normalized spacial score (nSPS) is 18.2. The lowest BCUT2D eigenvalue weighted by Crippen LogP contribution is -2.30. The largest absolute Gasteiger partial charge is 0.361 e. The molecule has 1 aliphatic rings. The Balaban J connectivity index is 1.76. The summed E-state index contributed by atoms with van der Waals surface area (Å²) in [5, 5.41) is 3.64. The van der Waals surface area contributed by atoms with Gasteiger partial charge in [0, 0.05) is 24.0 Å². The summed E-state index contributed by atoms with van der Waals surface area (Å²) in [5.74, 6) is 0. The third-order valence-corrected chi connectivity index (χ3v) is 3.37. The van der Waals surface area contributed by atoms with E-state index in [0.29, 0.717) is 0 Å². The lowest BCUT2D eigenvalue weighted by atomic mass is 9.95. The maximum Gasteiger partial charge on any atom is 0.0359 e. The Morgan fingerprint density at radius 1 is 1.20 bits per heavy atom. The van der Waals surface area contributed by atoms with E-state index in [4.69, 9.17) is 0 Å². The molecule has 1 heterocycles. The highest BCUT2D eigenvalue weighted by Crippen LogP contribution is 2.17. The molecule has 0 aromatic carbocycles. The number of aromatic amines is 1. The second kappa shape index (κ2) is 5.36. The Morgan fingerprint density at radius 2 is 1.93 bits per heavy atom. The van der Waals surface area contributed by atoms with Crippen LogP contribution in [0.5, 0.6) is 0 Å². The molecule has 0 aliphatic heterocycles. The molecule has 2 N–H and O–H groups in total. The molecule has 0 atom stereocenters. The summed E-state index contributed by atoms with van der Waals surface area (Å²) >= 11 is 0. The van der Waals surface area contributed by atoms with E-state index in [1.165, 1.54) is 43.5 Å². The monoisotopic (exact) mass is 206 g/mol. The van der Waals surface area contributed by atoms with Gasteiger partial charge in [-0.2, -0.15) is 0 Å². The summed E-state index contributed by atoms with van der Waals surface area (Å²) in [4.78, 5) is 3.44. The van der Waals surface area contributed by atoms with Crippen LogP contribution in [0.25, 0.3) is 0 Å². The van der Waals surface area contributed by atoms with Crippen molar-refractivity contribution in [2.24, 2.45) is 0 Å². The van der Waals surface area contributed by atoms with Crippen LogP contribution in [0.4, 0.5) is 0 Å². The van der Waals surface area contributed by atoms with Crippen molar-refractivity contribution in [2.45, 2.75) is 58.0 Å². The number of aromatic nitrogens is 1. The first-order chi connectivity index (χ1) is 7.38. The minimum absolute atomic E-state index is 0.757. The van der Waals surface area contributed by atoms with Gasteiger partial charge in [0.15, 0.2) is 0 Å². The van der Waals surface area contributed by atoms with E-state index in [-0.39, 0.29) is 0 Å². The predicted molar refractivity (Wildman–Crippen MR) is 63.9 cm³/mol. The first-order valence-electron chi connectivity index (χ1n) is 6.28. The maximum absolute atomic E-state index is 3.64. The van der Waals surface area contributed by atoms with Crippen molar-refractivity contribution < 1.29 is 0 Å². The van der Waals surface area contributed by atoms with Gasteiger partial charge >= 0.3 is 0 Å². The van der Waals surface area contributed by atoms with Crippen molar-refractivity contribution in [3.63, 3.8) is 0 Å². The summed E-state index contributed by atoms with van der Waals surface area (Å²) in [6.45, 7) is 3.19. The first kappa shape index (κ1) is 10.7. The van der Waals surface area contributed by atoms with Gasteiger partial charge in [-0.1, -0.05) is 26.2 Å². The Bertz CT molecular complexity index is 284. The first-order valence-corrected chi connectivity index (χ1v) is 6.28. The molecular formula is C13H22N2. The summed E-state index contributed by atoms with van der Waals surface area (Å²) in [7, 11) is 0.